The molecule has 0 aromatic heterocycles. The fraction of sp³-hybridized carbons (Fsp3) is 0.455. The highest BCUT2D eigenvalue weighted by atomic mass is 16.5. The monoisotopic (exact) mass is 227 g/mol. The van der Waals surface area contributed by atoms with Crippen LogP contribution >= 0.6 is 0 Å². The number of methoxy groups -OCH3 is 2. The second-order valence-electron chi connectivity index (χ2n) is 3.28. The van der Waals surface area contributed by atoms with Crippen molar-refractivity contribution in [1.29, 1.82) is 0 Å². The number of benzene rings is 1. The molecule has 0 bridgehead atoms. The zero-order valence-corrected chi connectivity index (χ0v) is 9.43. The van der Waals surface area contributed by atoms with Gasteiger partial charge in [0.05, 0.1) is 32.6 Å². The molecule has 0 aliphatic carbocycles. The first kappa shape index (κ1) is 12.6. The quantitative estimate of drug-likeness (QED) is 0.659. The highest BCUT2D eigenvalue weighted by molar-refractivity contribution is 5.59. The molecule has 90 valence electrons. The van der Waals surface area contributed by atoms with E-state index in [4.69, 9.17) is 14.6 Å². The number of aliphatic hydroxyl groups is 2. The van der Waals surface area contributed by atoms with Crippen molar-refractivity contribution in [3.8, 4) is 11.5 Å². The lowest BCUT2D eigenvalue weighted by Crippen LogP contribution is -2.23. The molecule has 1 atom stereocenters. The normalized spacial score (nSPS) is 12.0. The first-order valence-electron chi connectivity index (χ1n) is 4.96. The van der Waals surface area contributed by atoms with Crippen molar-refractivity contribution in [2.45, 2.75) is 6.10 Å². The lowest BCUT2D eigenvalue weighted by molar-refractivity contribution is 0.105. The smallest absolute Gasteiger partial charge is 0.142 e. The van der Waals surface area contributed by atoms with Gasteiger partial charge in [-0.25, -0.2) is 0 Å². The Balaban J connectivity index is 2.75. The van der Waals surface area contributed by atoms with E-state index < -0.39 is 6.10 Å². The van der Waals surface area contributed by atoms with Crippen LogP contribution in [-0.2, 0) is 0 Å². The van der Waals surface area contributed by atoms with Crippen molar-refractivity contribution in [3.05, 3.63) is 18.2 Å². The first-order valence-corrected chi connectivity index (χ1v) is 4.96. The van der Waals surface area contributed by atoms with Gasteiger partial charge in [-0.2, -0.15) is 0 Å². The molecule has 1 rings (SSSR count). The molecule has 0 unspecified atom stereocenters. The molecule has 0 aliphatic heterocycles. The van der Waals surface area contributed by atoms with Gasteiger partial charge in [0.1, 0.15) is 11.5 Å². The third kappa shape index (κ3) is 3.29. The van der Waals surface area contributed by atoms with Gasteiger partial charge in [0.25, 0.3) is 0 Å². The van der Waals surface area contributed by atoms with E-state index in [2.05, 4.69) is 5.32 Å². The number of ether oxygens (including phenoxy) is 2. The molecule has 0 radical (unpaired) electrons. The lowest BCUT2D eigenvalue weighted by atomic mass is 10.2. The fourth-order valence-corrected chi connectivity index (χ4v) is 1.24. The van der Waals surface area contributed by atoms with Gasteiger partial charge in [-0.05, 0) is 12.1 Å². The predicted octanol–water partition coefficient (Wildman–Crippen LogP) is 0.469. The van der Waals surface area contributed by atoms with Crippen molar-refractivity contribution >= 4 is 5.69 Å². The van der Waals surface area contributed by atoms with Crippen LogP contribution in [0.4, 0.5) is 5.69 Å². The molecule has 0 fully saturated rings. The number of rotatable bonds is 6. The van der Waals surface area contributed by atoms with E-state index in [1.807, 2.05) is 0 Å². The van der Waals surface area contributed by atoms with E-state index in [-0.39, 0.29) is 13.2 Å². The largest absolute Gasteiger partial charge is 0.497 e. The van der Waals surface area contributed by atoms with E-state index in [9.17, 15) is 5.11 Å². The van der Waals surface area contributed by atoms with Crippen LogP contribution in [-0.4, -0.2) is 43.7 Å². The van der Waals surface area contributed by atoms with E-state index in [0.29, 0.717) is 17.2 Å². The maximum atomic E-state index is 9.22. The van der Waals surface area contributed by atoms with Crippen molar-refractivity contribution in [1.82, 2.24) is 0 Å². The molecule has 0 aliphatic rings. The Labute approximate surface area is 94.6 Å². The van der Waals surface area contributed by atoms with Crippen LogP contribution in [0.1, 0.15) is 0 Å². The molecule has 1 aromatic carbocycles. The van der Waals surface area contributed by atoms with E-state index >= 15 is 0 Å². The molecule has 5 nitrogen and oxygen atoms in total. The Morgan fingerprint density at radius 2 is 2.06 bits per heavy atom. The summed E-state index contributed by atoms with van der Waals surface area (Å²) in [6.07, 6.45) is -0.795. The van der Waals surface area contributed by atoms with Crippen molar-refractivity contribution in [2.24, 2.45) is 0 Å². The summed E-state index contributed by atoms with van der Waals surface area (Å²) >= 11 is 0. The van der Waals surface area contributed by atoms with Gasteiger partial charge in [0.15, 0.2) is 0 Å². The summed E-state index contributed by atoms with van der Waals surface area (Å²) in [6.45, 7) is -0.0285. The average Bonchev–Trinajstić information content (AvgIpc) is 2.35. The Bertz CT molecular complexity index is 330. The number of nitrogens with one attached hydrogen (secondary N) is 1. The van der Waals surface area contributed by atoms with Crippen LogP contribution in [0, 0.1) is 0 Å². The van der Waals surface area contributed by atoms with E-state index in [1.54, 1.807) is 32.4 Å². The maximum Gasteiger partial charge on any atom is 0.142 e. The van der Waals surface area contributed by atoms with Gasteiger partial charge in [-0.15, -0.1) is 0 Å². The summed E-state index contributed by atoms with van der Waals surface area (Å²) in [5, 5.41) is 20.9. The Morgan fingerprint density at radius 3 is 2.62 bits per heavy atom. The molecule has 0 saturated carbocycles. The highest BCUT2D eigenvalue weighted by Crippen LogP contribution is 2.28. The second kappa shape index (κ2) is 6.19. The number of hydrogen-bond donors (Lipinski definition) is 3. The topological polar surface area (TPSA) is 71.0 Å². The molecule has 5 heteroatoms. The van der Waals surface area contributed by atoms with Gasteiger partial charge >= 0.3 is 0 Å². The maximum absolute atomic E-state index is 9.22. The molecule has 0 saturated heterocycles. The minimum atomic E-state index is -0.795. The number of anilines is 1. The Morgan fingerprint density at radius 1 is 1.31 bits per heavy atom. The third-order valence-corrected chi connectivity index (χ3v) is 2.15. The van der Waals surface area contributed by atoms with Crippen molar-refractivity contribution in [3.63, 3.8) is 0 Å². The average molecular weight is 227 g/mol. The Kier molecular flexibility index (Phi) is 4.88. The van der Waals surface area contributed by atoms with Gasteiger partial charge in [-0.1, -0.05) is 0 Å². The molecule has 16 heavy (non-hydrogen) atoms. The van der Waals surface area contributed by atoms with E-state index in [0.717, 1.165) is 0 Å². The van der Waals surface area contributed by atoms with Crippen molar-refractivity contribution < 1.29 is 19.7 Å². The van der Waals surface area contributed by atoms with Crippen LogP contribution in [0.5, 0.6) is 11.5 Å². The second-order valence-corrected chi connectivity index (χ2v) is 3.28. The first-order chi connectivity index (χ1) is 7.71. The Hall–Kier alpha value is -1.46. The summed E-state index contributed by atoms with van der Waals surface area (Å²) in [6, 6.07) is 5.32. The minimum Gasteiger partial charge on any atom is -0.497 e. The standard InChI is InChI=1S/C11H17NO4/c1-15-9-3-4-11(16-2)10(5-9)12-6-8(14)7-13/h3-5,8,12-14H,6-7H2,1-2H3/t8-/m0/s1. The van der Waals surface area contributed by atoms with Crippen LogP contribution in [0.3, 0.4) is 0 Å². The van der Waals surface area contributed by atoms with Crippen LogP contribution < -0.4 is 14.8 Å². The van der Waals surface area contributed by atoms with Crippen molar-refractivity contribution in [2.75, 3.05) is 32.7 Å². The molecule has 3 N–H and O–H groups in total. The number of aliphatic hydroxyl groups excluding tert-OH is 2. The lowest BCUT2D eigenvalue weighted by Gasteiger charge is -2.14. The van der Waals surface area contributed by atoms with Crippen LogP contribution in [0.15, 0.2) is 18.2 Å². The van der Waals surface area contributed by atoms with Gasteiger partial charge < -0.3 is 25.0 Å². The molecular formula is C11H17NO4. The molecule has 0 heterocycles. The fourth-order valence-electron chi connectivity index (χ4n) is 1.24. The summed E-state index contributed by atoms with van der Waals surface area (Å²) in [4.78, 5) is 0. The van der Waals surface area contributed by atoms with E-state index in [1.165, 1.54) is 0 Å². The SMILES string of the molecule is COc1ccc(OC)c(NC[C@H](O)CO)c1. The zero-order valence-electron chi connectivity index (χ0n) is 9.43. The minimum absolute atomic E-state index is 0.250. The zero-order chi connectivity index (χ0) is 12.0. The van der Waals surface area contributed by atoms with Crippen LogP contribution in [0.25, 0.3) is 0 Å². The number of hydrogen-bond acceptors (Lipinski definition) is 5. The highest BCUT2D eigenvalue weighted by Gasteiger charge is 2.07. The van der Waals surface area contributed by atoms with Gasteiger partial charge in [0.2, 0.25) is 0 Å². The summed E-state index contributed by atoms with van der Waals surface area (Å²) < 4.78 is 10.2. The molecule has 0 amide bonds. The van der Waals surface area contributed by atoms with Gasteiger partial charge in [0, 0.05) is 12.6 Å². The third-order valence-electron chi connectivity index (χ3n) is 2.15. The molecule has 1 aromatic rings. The molecular weight excluding hydrogens is 210 g/mol. The summed E-state index contributed by atoms with van der Waals surface area (Å²) in [7, 11) is 3.14. The van der Waals surface area contributed by atoms with Crippen LogP contribution in [0.2, 0.25) is 0 Å². The summed E-state index contributed by atoms with van der Waals surface area (Å²) in [5.74, 6) is 1.35. The van der Waals surface area contributed by atoms with Gasteiger partial charge in [-0.3, -0.25) is 0 Å². The predicted molar refractivity (Wildman–Crippen MR) is 61.1 cm³/mol. The molecule has 0 spiro atoms. The summed E-state index contributed by atoms with van der Waals surface area (Å²) in [5.41, 5.74) is 0.717.